The van der Waals surface area contributed by atoms with Crippen LogP contribution in [-0.4, -0.2) is 40.1 Å². The van der Waals surface area contributed by atoms with E-state index in [0.717, 1.165) is 23.4 Å². The smallest absolute Gasteiger partial charge is 0.290 e. The fraction of sp³-hybridized carbons (Fsp3) is 0.400. The lowest BCUT2D eigenvalue weighted by Crippen LogP contribution is -2.38. The minimum atomic E-state index is -0.275. The Morgan fingerprint density at radius 1 is 1.24 bits per heavy atom. The molecule has 0 aromatic carbocycles. The Labute approximate surface area is 171 Å². The molecule has 4 rings (SSSR count). The number of amides is 2. The van der Waals surface area contributed by atoms with Crippen molar-refractivity contribution in [1.29, 1.82) is 0 Å². The van der Waals surface area contributed by atoms with Crippen molar-refractivity contribution < 1.29 is 18.6 Å². The Balaban J connectivity index is 1.30. The van der Waals surface area contributed by atoms with Gasteiger partial charge in [-0.2, -0.15) is 0 Å². The summed E-state index contributed by atoms with van der Waals surface area (Å²) in [4.78, 5) is 27.7. The fourth-order valence-electron chi connectivity index (χ4n) is 3.38. The van der Waals surface area contributed by atoms with Crippen molar-refractivity contribution in [3.63, 3.8) is 0 Å². The molecule has 9 heteroatoms. The summed E-state index contributed by atoms with van der Waals surface area (Å²) in [5, 5.41) is 12.7. The molecule has 8 nitrogen and oxygen atoms in total. The van der Waals surface area contributed by atoms with Gasteiger partial charge in [0.15, 0.2) is 5.69 Å². The zero-order chi connectivity index (χ0) is 20.2. The van der Waals surface area contributed by atoms with E-state index in [1.54, 1.807) is 28.4 Å². The van der Waals surface area contributed by atoms with Crippen molar-refractivity contribution in [2.75, 3.05) is 13.1 Å². The van der Waals surface area contributed by atoms with Gasteiger partial charge < -0.3 is 19.3 Å². The molecule has 0 spiro atoms. The first-order valence-electron chi connectivity index (χ1n) is 9.66. The largest absolute Gasteiger partial charge is 0.361 e. The summed E-state index contributed by atoms with van der Waals surface area (Å²) in [6.45, 7) is 3.62. The molecule has 152 valence electrons. The maximum absolute atomic E-state index is 12.6. The SMILES string of the molecule is CCc1cc(C(=O)N2CCC(c3cc(C(=O)NCc4cccs4)on3)CC2)no1. The molecule has 4 heterocycles. The van der Waals surface area contributed by atoms with Gasteiger partial charge in [0, 0.05) is 42.4 Å². The van der Waals surface area contributed by atoms with Gasteiger partial charge >= 0.3 is 0 Å². The second kappa shape index (κ2) is 8.60. The van der Waals surface area contributed by atoms with Gasteiger partial charge in [-0.05, 0) is 24.3 Å². The number of aryl methyl sites for hydroxylation is 1. The summed E-state index contributed by atoms with van der Waals surface area (Å²) in [5.74, 6) is 0.689. The van der Waals surface area contributed by atoms with Crippen molar-refractivity contribution in [1.82, 2.24) is 20.5 Å². The zero-order valence-corrected chi connectivity index (χ0v) is 16.9. The number of rotatable bonds is 6. The van der Waals surface area contributed by atoms with Gasteiger partial charge in [0.2, 0.25) is 5.76 Å². The molecule has 0 aliphatic carbocycles. The number of thiophene rings is 1. The van der Waals surface area contributed by atoms with E-state index < -0.39 is 0 Å². The molecular formula is C20H22N4O4S. The van der Waals surface area contributed by atoms with Crippen LogP contribution in [0.2, 0.25) is 0 Å². The fourth-order valence-corrected chi connectivity index (χ4v) is 4.02. The first-order chi connectivity index (χ1) is 14.1. The minimum absolute atomic E-state index is 0.110. The maximum Gasteiger partial charge on any atom is 0.290 e. The molecule has 0 atom stereocenters. The number of hydrogen-bond donors (Lipinski definition) is 1. The Bertz CT molecular complexity index is 970. The standard InChI is InChI=1S/C20H22N4O4S/c1-2-14-10-17(23-27-14)20(26)24-7-5-13(6-8-24)16-11-18(28-22-16)19(25)21-12-15-4-3-9-29-15/h3-4,9-11,13H,2,5-8,12H2,1H3,(H,21,25). The summed E-state index contributed by atoms with van der Waals surface area (Å²) in [5.41, 5.74) is 1.11. The van der Waals surface area contributed by atoms with Gasteiger partial charge in [-0.1, -0.05) is 23.3 Å². The second-order valence-corrected chi connectivity index (χ2v) is 8.01. The van der Waals surface area contributed by atoms with Crippen LogP contribution in [0.4, 0.5) is 0 Å². The first kappa shape index (κ1) is 19.4. The predicted molar refractivity (Wildman–Crippen MR) is 106 cm³/mol. The lowest BCUT2D eigenvalue weighted by atomic mass is 9.93. The number of nitrogens with zero attached hydrogens (tertiary/aromatic N) is 3. The van der Waals surface area contributed by atoms with Crippen LogP contribution in [-0.2, 0) is 13.0 Å². The molecule has 0 saturated carbocycles. The summed E-state index contributed by atoms with van der Waals surface area (Å²) in [7, 11) is 0. The van der Waals surface area contributed by atoms with E-state index in [2.05, 4.69) is 15.6 Å². The number of carbonyl (C=O) groups excluding carboxylic acids is 2. The van der Waals surface area contributed by atoms with Crippen molar-refractivity contribution in [2.24, 2.45) is 0 Å². The number of carbonyl (C=O) groups is 2. The third kappa shape index (κ3) is 4.40. The monoisotopic (exact) mass is 414 g/mol. The Morgan fingerprint density at radius 3 is 2.76 bits per heavy atom. The number of aromatic nitrogens is 2. The highest BCUT2D eigenvalue weighted by molar-refractivity contribution is 7.09. The van der Waals surface area contributed by atoms with E-state index >= 15 is 0 Å². The van der Waals surface area contributed by atoms with E-state index in [0.29, 0.717) is 37.5 Å². The predicted octanol–water partition coefficient (Wildman–Crippen LogP) is 3.24. The highest BCUT2D eigenvalue weighted by atomic mass is 32.1. The van der Waals surface area contributed by atoms with Crippen LogP contribution in [0, 0.1) is 0 Å². The Morgan fingerprint density at radius 2 is 2.07 bits per heavy atom. The summed E-state index contributed by atoms with van der Waals surface area (Å²) < 4.78 is 10.4. The average molecular weight is 414 g/mol. The van der Waals surface area contributed by atoms with E-state index in [4.69, 9.17) is 9.05 Å². The molecule has 2 amide bonds. The lowest BCUT2D eigenvalue weighted by Gasteiger charge is -2.30. The Kier molecular flexibility index (Phi) is 5.75. The molecular weight excluding hydrogens is 392 g/mol. The topological polar surface area (TPSA) is 101 Å². The van der Waals surface area contributed by atoms with E-state index in [9.17, 15) is 9.59 Å². The average Bonchev–Trinajstić information content (AvgIpc) is 3.53. The molecule has 1 saturated heterocycles. The van der Waals surface area contributed by atoms with Crippen molar-refractivity contribution in [3.8, 4) is 0 Å². The quantitative estimate of drug-likeness (QED) is 0.664. The van der Waals surface area contributed by atoms with Crippen molar-refractivity contribution in [2.45, 2.75) is 38.6 Å². The molecule has 3 aromatic heterocycles. The first-order valence-corrected chi connectivity index (χ1v) is 10.5. The molecule has 1 fully saturated rings. The lowest BCUT2D eigenvalue weighted by molar-refractivity contribution is 0.0700. The van der Waals surface area contributed by atoms with Crippen molar-refractivity contribution >= 4 is 23.2 Å². The third-order valence-electron chi connectivity index (χ3n) is 5.08. The summed E-state index contributed by atoms with van der Waals surface area (Å²) in [6.07, 6.45) is 2.22. The summed E-state index contributed by atoms with van der Waals surface area (Å²) >= 11 is 1.59. The molecule has 29 heavy (non-hydrogen) atoms. The van der Waals surface area contributed by atoms with Gasteiger partial charge in [0.25, 0.3) is 11.8 Å². The van der Waals surface area contributed by atoms with Crippen molar-refractivity contribution in [3.05, 3.63) is 57.4 Å². The van der Waals surface area contributed by atoms with Crippen LogP contribution in [0.3, 0.4) is 0 Å². The normalized spacial score (nSPS) is 14.9. The van der Waals surface area contributed by atoms with E-state index in [1.807, 2.05) is 24.4 Å². The molecule has 1 N–H and O–H groups in total. The molecule has 0 bridgehead atoms. The molecule has 1 aliphatic heterocycles. The number of likely N-dealkylation sites (tertiary alicyclic amines) is 1. The van der Waals surface area contributed by atoms with Crippen LogP contribution >= 0.6 is 11.3 Å². The van der Waals surface area contributed by atoms with Gasteiger partial charge in [-0.3, -0.25) is 9.59 Å². The van der Waals surface area contributed by atoms with Crippen LogP contribution in [0.5, 0.6) is 0 Å². The number of piperidine rings is 1. The molecule has 1 aliphatic rings. The van der Waals surface area contributed by atoms with Gasteiger partial charge in [0.1, 0.15) is 5.76 Å². The highest BCUT2D eigenvalue weighted by Gasteiger charge is 2.28. The molecule has 3 aromatic rings. The molecule has 0 radical (unpaired) electrons. The van der Waals surface area contributed by atoms with Gasteiger partial charge in [-0.25, -0.2) is 0 Å². The number of nitrogens with one attached hydrogen (secondary N) is 1. The third-order valence-corrected chi connectivity index (χ3v) is 5.96. The van der Waals surface area contributed by atoms with Crippen LogP contribution in [0.1, 0.15) is 63.1 Å². The van der Waals surface area contributed by atoms with Crippen LogP contribution in [0.15, 0.2) is 38.7 Å². The zero-order valence-electron chi connectivity index (χ0n) is 16.1. The van der Waals surface area contributed by atoms with Crippen LogP contribution in [0.25, 0.3) is 0 Å². The number of hydrogen-bond acceptors (Lipinski definition) is 7. The maximum atomic E-state index is 12.6. The van der Waals surface area contributed by atoms with E-state index in [1.165, 1.54) is 0 Å². The summed E-state index contributed by atoms with van der Waals surface area (Å²) in [6, 6.07) is 7.32. The minimum Gasteiger partial charge on any atom is -0.361 e. The Hall–Kier alpha value is -2.94. The second-order valence-electron chi connectivity index (χ2n) is 6.98. The van der Waals surface area contributed by atoms with E-state index in [-0.39, 0.29) is 23.5 Å². The van der Waals surface area contributed by atoms with Gasteiger partial charge in [0.05, 0.1) is 12.2 Å². The van der Waals surface area contributed by atoms with Gasteiger partial charge in [-0.15, -0.1) is 11.3 Å². The van der Waals surface area contributed by atoms with Crippen LogP contribution < -0.4 is 5.32 Å². The molecule has 0 unspecified atom stereocenters. The highest BCUT2D eigenvalue weighted by Crippen LogP contribution is 2.28.